The van der Waals surface area contributed by atoms with E-state index in [9.17, 15) is 10.1 Å². The molecule has 3 N–H and O–H groups in total. The number of rotatable bonds is 5. The third-order valence-corrected chi connectivity index (χ3v) is 3.65. The number of hydrazine groups is 1. The lowest BCUT2D eigenvalue weighted by Crippen LogP contribution is -2.09. The molecule has 0 aliphatic carbocycles. The second-order valence-electron chi connectivity index (χ2n) is 3.85. The van der Waals surface area contributed by atoms with Gasteiger partial charge in [-0.15, -0.1) is 11.8 Å². The Balaban J connectivity index is 2.13. The molecule has 0 saturated heterocycles. The van der Waals surface area contributed by atoms with Crippen LogP contribution in [0.5, 0.6) is 0 Å². The van der Waals surface area contributed by atoms with Crippen molar-refractivity contribution in [3.63, 3.8) is 0 Å². The zero-order valence-electron chi connectivity index (χ0n) is 10.1. The summed E-state index contributed by atoms with van der Waals surface area (Å²) in [7, 11) is 0. The maximum absolute atomic E-state index is 10.9. The fourth-order valence-electron chi connectivity index (χ4n) is 1.62. The quantitative estimate of drug-likeness (QED) is 0.379. The van der Waals surface area contributed by atoms with Gasteiger partial charge in [-0.3, -0.25) is 16.0 Å². The average molecular weight is 275 g/mol. The van der Waals surface area contributed by atoms with Gasteiger partial charge in [0.25, 0.3) is 5.69 Å². The Kier molecular flexibility index (Phi) is 4.38. The molecule has 5 nitrogen and oxygen atoms in total. The van der Waals surface area contributed by atoms with Crippen LogP contribution < -0.4 is 11.3 Å². The topological polar surface area (TPSA) is 81.2 Å². The summed E-state index contributed by atoms with van der Waals surface area (Å²) >= 11 is 1.63. The van der Waals surface area contributed by atoms with E-state index in [0.717, 1.165) is 10.5 Å². The first-order valence-corrected chi connectivity index (χ1v) is 6.61. The highest BCUT2D eigenvalue weighted by molar-refractivity contribution is 7.98. The fourth-order valence-corrected chi connectivity index (χ4v) is 2.49. The molecule has 0 atom stereocenters. The first-order valence-electron chi connectivity index (χ1n) is 5.62. The predicted octanol–water partition coefficient (Wildman–Crippen LogP) is 3.17. The van der Waals surface area contributed by atoms with E-state index in [1.165, 1.54) is 0 Å². The summed E-state index contributed by atoms with van der Waals surface area (Å²) in [6, 6.07) is 14.9. The normalized spacial score (nSPS) is 10.2. The van der Waals surface area contributed by atoms with Gasteiger partial charge in [0.2, 0.25) is 0 Å². The molecule has 0 aliphatic heterocycles. The number of hydrogen-bond acceptors (Lipinski definition) is 5. The van der Waals surface area contributed by atoms with Gasteiger partial charge in [-0.25, -0.2) is 0 Å². The van der Waals surface area contributed by atoms with E-state index in [1.54, 1.807) is 23.9 Å². The van der Waals surface area contributed by atoms with E-state index in [1.807, 2.05) is 36.4 Å². The zero-order valence-corrected chi connectivity index (χ0v) is 10.9. The molecule has 2 aromatic rings. The highest BCUT2D eigenvalue weighted by Gasteiger charge is 2.13. The van der Waals surface area contributed by atoms with Gasteiger partial charge in [-0.05, 0) is 23.8 Å². The first-order chi connectivity index (χ1) is 9.20. The van der Waals surface area contributed by atoms with Gasteiger partial charge in [0.05, 0.1) is 4.92 Å². The molecule has 0 heterocycles. The van der Waals surface area contributed by atoms with Crippen molar-refractivity contribution in [1.82, 2.24) is 0 Å². The Morgan fingerprint density at radius 2 is 1.95 bits per heavy atom. The number of nitro benzene ring substituents is 1. The SMILES string of the molecule is NNc1ccc(CSc2ccccc2)cc1[N+](=O)[O-]. The summed E-state index contributed by atoms with van der Waals surface area (Å²) in [5, 5.41) is 10.9. The lowest BCUT2D eigenvalue weighted by Gasteiger charge is -2.05. The van der Waals surface area contributed by atoms with Crippen LogP contribution in [0.25, 0.3) is 0 Å². The number of thioether (sulfide) groups is 1. The molecule has 2 rings (SSSR count). The minimum atomic E-state index is -0.439. The number of nitrogens with zero attached hydrogens (tertiary/aromatic N) is 1. The number of hydrogen-bond donors (Lipinski definition) is 2. The van der Waals surface area contributed by atoms with Gasteiger partial charge in [0, 0.05) is 16.7 Å². The van der Waals surface area contributed by atoms with Crippen molar-refractivity contribution in [3.05, 3.63) is 64.2 Å². The lowest BCUT2D eigenvalue weighted by molar-refractivity contribution is -0.384. The molecule has 6 heteroatoms. The molecular formula is C13H13N3O2S. The van der Waals surface area contributed by atoms with E-state index in [2.05, 4.69) is 5.43 Å². The van der Waals surface area contributed by atoms with Crippen molar-refractivity contribution in [3.8, 4) is 0 Å². The van der Waals surface area contributed by atoms with Gasteiger partial charge in [-0.1, -0.05) is 24.3 Å². The van der Waals surface area contributed by atoms with Crippen LogP contribution in [0.2, 0.25) is 0 Å². The van der Waals surface area contributed by atoms with Gasteiger partial charge in [0.1, 0.15) is 5.69 Å². The number of nitrogens with one attached hydrogen (secondary N) is 1. The molecule has 0 unspecified atom stereocenters. The van der Waals surface area contributed by atoms with Crippen molar-refractivity contribution in [2.75, 3.05) is 5.43 Å². The lowest BCUT2D eigenvalue weighted by atomic mass is 10.2. The van der Waals surface area contributed by atoms with Gasteiger partial charge < -0.3 is 5.43 Å². The van der Waals surface area contributed by atoms with Crippen LogP contribution in [0.15, 0.2) is 53.4 Å². The van der Waals surface area contributed by atoms with Crippen molar-refractivity contribution < 1.29 is 4.92 Å². The Morgan fingerprint density at radius 3 is 2.58 bits per heavy atom. The van der Waals surface area contributed by atoms with Crippen molar-refractivity contribution in [1.29, 1.82) is 0 Å². The summed E-state index contributed by atoms with van der Waals surface area (Å²) in [5.74, 6) is 5.92. The summed E-state index contributed by atoms with van der Waals surface area (Å²) in [5.41, 5.74) is 3.53. The molecule has 0 spiro atoms. The van der Waals surface area contributed by atoms with E-state index < -0.39 is 4.92 Å². The largest absolute Gasteiger partial charge is 0.318 e. The van der Waals surface area contributed by atoms with Gasteiger partial charge >= 0.3 is 0 Å². The van der Waals surface area contributed by atoms with Crippen molar-refractivity contribution >= 4 is 23.1 Å². The number of benzene rings is 2. The molecule has 0 bridgehead atoms. The summed E-state index contributed by atoms with van der Waals surface area (Å²) in [4.78, 5) is 11.6. The molecule has 0 radical (unpaired) electrons. The molecule has 2 aromatic carbocycles. The van der Waals surface area contributed by atoms with E-state index >= 15 is 0 Å². The highest BCUT2D eigenvalue weighted by Crippen LogP contribution is 2.28. The van der Waals surface area contributed by atoms with Crippen LogP contribution in [0.3, 0.4) is 0 Å². The number of nitrogens with two attached hydrogens (primary N) is 1. The zero-order chi connectivity index (χ0) is 13.7. The molecular weight excluding hydrogens is 262 g/mol. The number of nitro groups is 1. The van der Waals surface area contributed by atoms with Crippen LogP contribution in [-0.2, 0) is 5.75 Å². The minimum absolute atomic E-state index is 0.00587. The van der Waals surface area contributed by atoms with E-state index in [-0.39, 0.29) is 5.69 Å². The monoisotopic (exact) mass is 275 g/mol. The van der Waals surface area contributed by atoms with Crippen LogP contribution >= 0.6 is 11.8 Å². The molecule has 0 aliphatic rings. The minimum Gasteiger partial charge on any atom is -0.318 e. The third-order valence-electron chi connectivity index (χ3n) is 2.56. The summed E-state index contributed by atoms with van der Waals surface area (Å²) < 4.78 is 0. The molecule has 0 aromatic heterocycles. The van der Waals surface area contributed by atoms with Crippen LogP contribution in [0.1, 0.15) is 5.56 Å². The molecule has 0 amide bonds. The van der Waals surface area contributed by atoms with Crippen LogP contribution in [-0.4, -0.2) is 4.92 Å². The highest BCUT2D eigenvalue weighted by atomic mass is 32.2. The Labute approximate surface area is 114 Å². The van der Waals surface area contributed by atoms with Crippen molar-refractivity contribution in [2.24, 2.45) is 5.84 Å². The van der Waals surface area contributed by atoms with Crippen molar-refractivity contribution in [2.45, 2.75) is 10.6 Å². The third kappa shape index (κ3) is 3.46. The Bertz CT molecular complexity index is 575. The standard InChI is InChI=1S/C13H13N3O2S/c14-15-12-7-6-10(8-13(12)16(17)18)9-19-11-4-2-1-3-5-11/h1-8,15H,9,14H2. The molecule has 19 heavy (non-hydrogen) atoms. The summed E-state index contributed by atoms with van der Waals surface area (Å²) in [6.45, 7) is 0. The van der Waals surface area contributed by atoms with Crippen LogP contribution in [0, 0.1) is 10.1 Å². The second-order valence-corrected chi connectivity index (χ2v) is 4.90. The van der Waals surface area contributed by atoms with Crippen LogP contribution in [0.4, 0.5) is 11.4 Å². The Morgan fingerprint density at radius 1 is 1.21 bits per heavy atom. The number of nitrogen functional groups attached to an aromatic ring is 1. The molecule has 98 valence electrons. The summed E-state index contributed by atoms with van der Waals surface area (Å²) in [6.07, 6.45) is 0. The Hall–Kier alpha value is -2.05. The molecule has 0 saturated carbocycles. The predicted molar refractivity (Wildman–Crippen MR) is 76.9 cm³/mol. The molecule has 0 fully saturated rings. The first kappa shape index (κ1) is 13.4. The van der Waals surface area contributed by atoms with Gasteiger partial charge in [-0.2, -0.15) is 0 Å². The van der Waals surface area contributed by atoms with E-state index in [4.69, 9.17) is 5.84 Å². The smallest absolute Gasteiger partial charge is 0.293 e. The van der Waals surface area contributed by atoms with E-state index in [0.29, 0.717) is 11.4 Å². The maximum atomic E-state index is 10.9. The number of anilines is 1. The second kappa shape index (κ2) is 6.21. The van der Waals surface area contributed by atoms with Gasteiger partial charge in [0.15, 0.2) is 0 Å². The maximum Gasteiger partial charge on any atom is 0.293 e. The fraction of sp³-hybridized carbons (Fsp3) is 0.0769. The average Bonchev–Trinajstić information content (AvgIpc) is 2.46.